The van der Waals surface area contributed by atoms with Crippen LogP contribution in [0.5, 0.6) is 0 Å². The Balaban J connectivity index is 1.94. The molecule has 108 valence electrons. The molecule has 2 atom stereocenters. The Kier molecular flexibility index (Phi) is 4.77. The van der Waals surface area contributed by atoms with Crippen molar-refractivity contribution in [1.29, 1.82) is 0 Å². The molecule has 0 unspecified atom stereocenters. The Morgan fingerprint density at radius 2 is 2.10 bits per heavy atom. The van der Waals surface area contributed by atoms with Crippen LogP contribution in [0.15, 0.2) is 24.3 Å². The highest BCUT2D eigenvalue weighted by Gasteiger charge is 2.22. The standard InChI is InChI=1S/C16H21NO3/c1-11(10-16(19)20)9-15(18)17-14-8-4-6-12-5-2-3-7-13(12)14/h2-3,5,7,11,14H,4,6,8-10H2,1H3,(H,17,18)(H,19,20)/t11-,14-/m1/s1. The zero-order valence-corrected chi connectivity index (χ0v) is 11.8. The summed E-state index contributed by atoms with van der Waals surface area (Å²) >= 11 is 0. The van der Waals surface area contributed by atoms with E-state index in [-0.39, 0.29) is 30.7 Å². The van der Waals surface area contributed by atoms with Gasteiger partial charge in [0, 0.05) is 12.8 Å². The maximum absolute atomic E-state index is 12.0. The average molecular weight is 275 g/mol. The number of benzene rings is 1. The number of nitrogens with one attached hydrogen (secondary N) is 1. The van der Waals surface area contributed by atoms with Crippen LogP contribution in [0.1, 0.15) is 49.8 Å². The van der Waals surface area contributed by atoms with Gasteiger partial charge in [0.05, 0.1) is 6.04 Å². The molecule has 4 heteroatoms. The lowest BCUT2D eigenvalue weighted by molar-refractivity contribution is -0.138. The quantitative estimate of drug-likeness (QED) is 0.868. The zero-order valence-electron chi connectivity index (χ0n) is 11.8. The largest absolute Gasteiger partial charge is 0.481 e. The molecule has 0 saturated carbocycles. The Hall–Kier alpha value is -1.84. The molecule has 2 rings (SSSR count). The number of carboxylic acids is 1. The summed E-state index contributed by atoms with van der Waals surface area (Å²) in [5.74, 6) is -1.04. The molecule has 1 aromatic carbocycles. The molecule has 1 amide bonds. The molecule has 1 aromatic rings. The van der Waals surface area contributed by atoms with Crippen molar-refractivity contribution in [1.82, 2.24) is 5.32 Å². The Morgan fingerprint density at radius 1 is 1.35 bits per heavy atom. The van der Waals surface area contributed by atoms with Crippen LogP contribution in [-0.2, 0) is 16.0 Å². The minimum absolute atomic E-state index is 0.0364. The molecule has 0 aromatic heterocycles. The second-order valence-electron chi connectivity index (χ2n) is 5.62. The van der Waals surface area contributed by atoms with E-state index in [0.717, 1.165) is 19.3 Å². The van der Waals surface area contributed by atoms with Crippen molar-refractivity contribution in [3.8, 4) is 0 Å². The van der Waals surface area contributed by atoms with Gasteiger partial charge >= 0.3 is 5.97 Å². The summed E-state index contributed by atoms with van der Waals surface area (Å²) in [5, 5.41) is 11.8. The molecule has 20 heavy (non-hydrogen) atoms. The van der Waals surface area contributed by atoms with Gasteiger partial charge in [-0.25, -0.2) is 0 Å². The first-order valence-electron chi connectivity index (χ1n) is 7.15. The van der Waals surface area contributed by atoms with Crippen LogP contribution in [0.3, 0.4) is 0 Å². The third-order valence-electron chi connectivity index (χ3n) is 3.76. The fourth-order valence-corrected chi connectivity index (χ4v) is 2.84. The second kappa shape index (κ2) is 6.55. The van der Waals surface area contributed by atoms with Gasteiger partial charge < -0.3 is 10.4 Å². The fraction of sp³-hybridized carbons (Fsp3) is 0.500. The Bertz CT molecular complexity index is 498. The van der Waals surface area contributed by atoms with E-state index in [1.807, 2.05) is 12.1 Å². The molecular weight excluding hydrogens is 254 g/mol. The normalized spacial score (nSPS) is 18.9. The summed E-state index contributed by atoms with van der Waals surface area (Å²) < 4.78 is 0. The van der Waals surface area contributed by atoms with Crippen LogP contribution >= 0.6 is 0 Å². The number of amides is 1. The van der Waals surface area contributed by atoms with Gasteiger partial charge in [-0.15, -0.1) is 0 Å². The van der Waals surface area contributed by atoms with Gasteiger partial charge in [0.1, 0.15) is 0 Å². The molecule has 2 N–H and O–H groups in total. The third-order valence-corrected chi connectivity index (χ3v) is 3.76. The molecule has 0 aliphatic heterocycles. The molecule has 0 spiro atoms. The highest BCUT2D eigenvalue weighted by atomic mass is 16.4. The summed E-state index contributed by atoms with van der Waals surface area (Å²) in [6.45, 7) is 1.79. The lowest BCUT2D eigenvalue weighted by Gasteiger charge is -2.26. The molecule has 4 nitrogen and oxygen atoms in total. The molecule has 0 heterocycles. The summed E-state index contributed by atoms with van der Waals surface area (Å²) in [6, 6.07) is 8.28. The van der Waals surface area contributed by atoms with Gasteiger partial charge in [0.15, 0.2) is 0 Å². The summed E-state index contributed by atoms with van der Waals surface area (Å²) in [4.78, 5) is 22.6. The monoisotopic (exact) mass is 275 g/mol. The van der Waals surface area contributed by atoms with Crippen molar-refractivity contribution in [3.05, 3.63) is 35.4 Å². The summed E-state index contributed by atoms with van der Waals surface area (Å²) in [5.41, 5.74) is 2.51. The van der Waals surface area contributed by atoms with Crippen LogP contribution in [0.25, 0.3) is 0 Å². The maximum atomic E-state index is 12.0. The maximum Gasteiger partial charge on any atom is 0.303 e. The van der Waals surface area contributed by atoms with E-state index in [1.165, 1.54) is 11.1 Å². The van der Waals surface area contributed by atoms with Gasteiger partial charge in [-0.05, 0) is 36.3 Å². The number of fused-ring (bicyclic) bond motifs is 1. The van der Waals surface area contributed by atoms with Crippen molar-refractivity contribution >= 4 is 11.9 Å². The van der Waals surface area contributed by atoms with Crippen LogP contribution in [-0.4, -0.2) is 17.0 Å². The molecule has 0 saturated heterocycles. The smallest absolute Gasteiger partial charge is 0.303 e. The first-order valence-corrected chi connectivity index (χ1v) is 7.15. The highest BCUT2D eigenvalue weighted by molar-refractivity contribution is 5.77. The summed E-state index contributed by atoms with van der Waals surface area (Å²) in [7, 11) is 0. The van der Waals surface area contributed by atoms with Crippen molar-refractivity contribution in [2.75, 3.05) is 0 Å². The lowest BCUT2D eigenvalue weighted by atomic mass is 9.87. The lowest BCUT2D eigenvalue weighted by Crippen LogP contribution is -2.32. The fourth-order valence-electron chi connectivity index (χ4n) is 2.84. The number of aryl methyl sites for hydroxylation is 1. The van der Waals surface area contributed by atoms with E-state index < -0.39 is 5.97 Å². The van der Waals surface area contributed by atoms with E-state index in [1.54, 1.807) is 6.92 Å². The minimum Gasteiger partial charge on any atom is -0.481 e. The van der Waals surface area contributed by atoms with E-state index >= 15 is 0 Å². The first-order chi connectivity index (χ1) is 9.56. The SMILES string of the molecule is C[C@@H](CC(=O)O)CC(=O)N[C@@H]1CCCc2ccccc21. The minimum atomic E-state index is -0.853. The number of carbonyl (C=O) groups excluding carboxylic acids is 1. The van der Waals surface area contributed by atoms with Crippen molar-refractivity contribution in [2.24, 2.45) is 5.92 Å². The Morgan fingerprint density at radius 3 is 2.85 bits per heavy atom. The van der Waals surface area contributed by atoms with Gasteiger partial charge in [-0.3, -0.25) is 9.59 Å². The molecule has 0 radical (unpaired) electrons. The second-order valence-corrected chi connectivity index (χ2v) is 5.62. The Labute approximate surface area is 119 Å². The summed E-state index contributed by atoms with van der Waals surface area (Å²) in [6.07, 6.45) is 3.40. The van der Waals surface area contributed by atoms with Crippen LogP contribution in [0.2, 0.25) is 0 Å². The molecule has 1 aliphatic rings. The van der Waals surface area contributed by atoms with Crippen molar-refractivity contribution in [2.45, 2.75) is 45.1 Å². The van der Waals surface area contributed by atoms with Crippen LogP contribution < -0.4 is 5.32 Å². The topological polar surface area (TPSA) is 66.4 Å². The number of carbonyl (C=O) groups is 2. The van der Waals surface area contributed by atoms with Gasteiger partial charge in [-0.1, -0.05) is 31.2 Å². The first kappa shape index (κ1) is 14.6. The van der Waals surface area contributed by atoms with Gasteiger partial charge in [0.2, 0.25) is 5.91 Å². The van der Waals surface area contributed by atoms with Gasteiger partial charge in [0.25, 0.3) is 0 Å². The van der Waals surface area contributed by atoms with E-state index in [9.17, 15) is 9.59 Å². The molecule has 0 fully saturated rings. The predicted molar refractivity (Wildman–Crippen MR) is 76.3 cm³/mol. The third kappa shape index (κ3) is 3.83. The van der Waals surface area contributed by atoms with Gasteiger partial charge in [-0.2, -0.15) is 0 Å². The molecule has 0 bridgehead atoms. The number of hydrogen-bond acceptors (Lipinski definition) is 2. The number of carboxylic acid groups (broad SMARTS) is 1. The number of aliphatic carboxylic acids is 1. The average Bonchev–Trinajstić information content (AvgIpc) is 2.38. The van der Waals surface area contributed by atoms with E-state index in [0.29, 0.717) is 0 Å². The highest BCUT2D eigenvalue weighted by Crippen LogP contribution is 2.29. The molecular formula is C16H21NO3. The van der Waals surface area contributed by atoms with Crippen molar-refractivity contribution < 1.29 is 14.7 Å². The molecule has 1 aliphatic carbocycles. The van der Waals surface area contributed by atoms with Crippen LogP contribution in [0, 0.1) is 5.92 Å². The van der Waals surface area contributed by atoms with Crippen molar-refractivity contribution in [3.63, 3.8) is 0 Å². The number of hydrogen-bond donors (Lipinski definition) is 2. The predicted octanol–water partition coefficient (Wildman–Crippen LogP) is 2.68. The van der Waals surface area contributed by atoms with E-state index in [2.05, 4.69) is 17.4 Å². The van der Waals surface area contributed by atoms with E-state index in [4.69, 9.17) is 5.11 Å². The zero-order chi connectivity index (χ0) is 14.5. The number of rotatable bonds is 5. The van der Waals surface area contributed by atoms with Crippen LogP contribution in [0.4, 0.5) is 0 Å².